The van der Waals surface area contributed by atoms with E-state index in [0.717, 1.165) is 12.8 Å². The number of hydrogen-bond donors (Lipinski definition) is 0. The molecule has 0 aliphatic heterocycles. The van der Waals surface area contributed by atoms with Crippen LogP contribution in [0.1, 0.15) is 75.9 Å². The molecule has 3 aromatic carbocycles. The van der Waals surface area contributed by atoms with Crippen molar-refractivity contribution >= 4 is 5.97 Å². The molecule has 0 fully saturated rings. The zero-order valence-corrected chi connectivity index (χ0v) is 20.1. The molecular weight excluding hydrogens is 396 g/mol. The van der Waals surface area contributed by atoms with E-state index in [9.17, 15) is 4.79 Å². The molecule has 0 unspecified atom stereocenters. The van der Waals surface area contributed by atoms with Gasteiger partial charge in [-0.1, -0.05) is 77.9 Å². The van der Waals surface area contributed by atoms with Crippen molar-refractivity contribution in [1.82, 2.24) is 0 Å². The van der Waals surface area contributed by atoms with E-state index in [1.165, 1.54) is 11.1 Å². The van der Waals surface area contributed by atoms with Gasteiger partial charge in [-0.15, -0.1) is 0 Å². The van der Waals surface area contributed by atoms with Gasteiger partial charge in [0.25, 0.3) is 0 Å². The molecule has 3 aromatic rings. The predicted molar refractivity (Wildman–Crippen MR) is 131 cm³/mol. The molecule has 168 valence electrons. The number of carbonyl (C=O) groups excluding carboxylic acids is 1. The normalized spacial score (nSPS) is 11.8. The van der Waals surface area contributed by atoms with Crippen LogP contribution in [0.25, 0.3) is 0 Å². The second-order valence-corrected chi connectivity index (χ2v) is 9.51. The Morgan fingerprint density at radius 3 is 1.66 bits per heavy atom. The van der Waals surface area contributed by atoms with Crippen molar-refractivity contribution in [3.05, 3.63) is 89.5 Å². The van der Waals surface area contributed by atoms with Crippen molar-refractivity contribution in [3.8, 4) is 17.2 Å². The lowest BCUT2D eigenvalue weighted by molar-refractivity contribution is 0.0732. The highest BCUT2D eigenvalue weighted by Gasteiger charge is 2.20. The first-order valence-corrected chi connectivity index (χ1v) is 11.4. The molecule has 0 spiro atoms. The van der Waals surface area contributed by atoms with Gasteiger partial charge in [0.1, 0.15) is 22.8 Å². The zero-order chi connectivity index (χ0) is 23.4. The van der Waals surface area contributed by atoms with Crippen molar-refractivity contribution in [2.45, 2.75) is 65.2 Å². The smallest absolute Gasteiger partial charge is 0.347 e. The van der Waals surface area contributed by atoms with Crippen LogP contribution in [-0.2, 0) is 10.8 Å². The fourth-order valence-electron chi connectivity index (χ4n) is 3.37. The van der Waals surface area contributed by atoms with Crippen LogP contribution < -0.4 is 9.47 Å². The van der Waals surface area contributed by atoms with E-state index in [4.69, 9.17) is 9.47 Å². The van der Waals surface area contributed by atoms with E-state index >= 15 is 0 Å². The second kappa shape index (κ2) is 9.60. The molecule has 0 bridgehead atoms. The fourth-order valence-corrected chi connectivity index (χ4v) is 3.37. The van der Waals surface area contributed by atoms with Gasteiger partial charge in [-0.05, 0) is 71.2 Å². The van der Waals surface area contributed by atoms with Crippen molar-refractivity contribution < 1.29 is 14.3 Å². The van der Waals surface area contributed by atoms with Gasteiger partial charge in [-0.3, -0.25) is 0 Å². The number of benzene rings is 3. The molecular formula is C29H34O3. The van der Waals surface area contributed by atoms with Crippen LogP contribution in [0.4, 0.5) is 0 Å². The van der Waals surface area contributed by atoms with Gasteiger partial charge in [-0.25, -0.2) is 4.79 Å². The molecule has 3 nitrogen and oxygen atoms in total. The largest absolute Gasteiger partial charge is 0.456 e. The van der Waals surface area contributed by atoms with Crippen molar-refractivity contribution in [3.63, 3.8) is 0 Å². The third-order valence-electron chi connectivity index (χ3n) is 6.58. The highest BCUT2D eigenvalue weighted by molar-refractivity contribution is 5.94. The Kier molecular flexibility index (Phi) is 7.08. The Bertz CT molecular complexity index is 1040. The summed E-state index contributed by atoms with van der Waals surface area (Å²) in [5.74, 6) is 1.24. The predicted octanol–water partition coefficient (Wildman–Crippen LogP) is 8.07. The maximum Gasteiger partial charge on any atom is 0.347 e. The van der Waals surface area contributed by atoms with Crippen LogP contribution in [-0.4, -0.2) is 5.97 Å². The molecule has 0 saturated heterocycles. The maximum absolute atomic E-state index is 12.9. The molecule has 0 aliphatic rings. The first-order valence-electron chi connectivity index (χ1n) is 11.4. The molecule has 32 heavy (non-hydrogen) atoms. The number of carbonyl (C=O) groups is 1. The third-order valence-corrected chi connectivity index (χ3v) is 6.58. The first-order chi connectivity index (χ1) is 15.2. The minimum absolute atomic E-state index is 0.0882. The summed E-state index contributed by atoms with van der Waals surface area (Å²) in [4.78, 5) is 12.9. The molecule has 0 atom stereocenters. The van der Waals surface area contributed by atoms with Crippen molar-refractivity contribution in [2.24, 2.45) is 0 Å². The summed E-state index contributed by atoms with van der Waals surface area (Å²) in [6, 6.07) is 23.0. The van der Waals surface area contributed by atoms with Crippen LogP contribution in [0.2, 0.25) is 0 Å². The third kappa shape index (κ3) is 5.40. The molecule has 3 heteroatoms. The Morgan fingerprint density at radius 2 is 1.16 bits per heavy atom. The lowest BCUT2D eigenvalue weighted by Gasteiger charge is -2.23. The minimum atomic E-state index is -0.438. The number of ether oxygens (including phenoxy) is 2. The standard InChI is InChI=1S/C29H34O3/c1-7-28(3,4)21-13-17-23(18-14-21)31-26-12-10-9-11-25(26)27(30)32-24-19-15-22(16-20-24)29(5,6)8-2/h9-20H,7-8H2,1-6H3. The summed E-state index contributed by atoms with van der Waals surface area (Å²) in [5.41, 5.74) is 3.07. The fraction of sp³-hybridized carbons (Fsp3) is 0.345. The average Bonchev–Trinajstić information content (AvgIpc) is 2.80. The van der Waals surface area contributed by atoms with Gasteiger partial charge < -0.3 is 9.47 Å². The summed E-state index contributed by atoms with van der Waals surface area (Å²) in [7, 11) is 0. The Morgan fingerprint density at radius 1 is 0.688 bits per heavy atom. The van der Waals surface area contributed by atoms with Gasteiger partial charge >= 0.3 is 5.97 Å². The molecule has 0 heterocycles. The summed E-state index contributed by atoms with van der Waals surface area (Å²) in [6.45, 7) is 13.2. The van der Waals surface area contributed by atoms with E-state index in [1.54, 1.807) is 12.1 Å². The van der Waals surface area contributed by atoms with E-state index in [2.05, 4.69) is 53.7 Å². The van der Waals surface area contributed by atoms with Gasteiger partial charge in [0.05, 0.1) is 0 Å². The monoisotopic (exact) mass is 430 g/mol. The van der Waals surface area contributed by atoms with Crippen molar-refractivity contribution in [1.29, 1.82) is 0 Å². The molecule has 0 N–H and O–H groups in total. The lowest BCUT2D eigenvalue weighted by Crippen LogP contribution is -2.15. The summed E-state index contributed by atoms with van der Waals surface area (Å²) in [6.07, 6.45) is 2.09. The van der Waals surface area contributed by atoms with Gasteiger partial charge in [0.15, 0.2) is 0 Å². The highest BCUT2D eigenvalue weighted by atomic mass is 16.5. The molecule has 3 rings (SSSR count). The van der Waals surface area contributed by atoms with Crippen LogP contribution in [0.5, 0.6) is 17.2 Å². The van der Waals surface area contributed by atoms with Crippen LogP contribution in [0, 0.1) is 0 Å². The Balaban J connectivity index is 1.75. The highest BCUT2D eigenvalue weighted by Crippen LogP contribution is 2.32. The van der Waals surface area contributed by atoms with Gasteiger partial charge in [0.2, 0.25) is 0 Å². The molecule has 0 amide bonds. The van der Waals surface area contributed by atoms with E-state index in [0.29, 0.717) is 22.8 Å². The average molecular weight is 431 g/mol. The molecule has 0 aromatic heterocycles. The second-order valence-electron chi connectivity index (χ2n) is 9.51. The zero-order valence-electron chi connectivity index (χ0n) is 20.1. The van der Waals surface area contributed by atoms with Crippen LogP contribution >= 0.6 is 0 Å². The SMILES string of the molecule is CCC(C)(C)c1ccc(OC(=O)c2ccccc2Oc2ccc(C(C)(C)CC)cc2)cc1. The van der Waals surface area contributed by atoms with Gasteiger partial charge in [-0.2, -0.15) is 0 Å². The number of para-hydroxylation sites is 1. The van der Waals surface area contributed by atoms with E-state index in [-0.39, 0.29) is 10.8 Å². The lowest BCUT2D eigenvalue weighted by atomic mass is 9.82. The topological polar surface area (TPSA) is 35.5 Å². The Hall–Kier alpha value is -3.07. The minimum Gasteiger partial charge on any atom is -0.456 e. The summed E-state index contributed by atoms with van der Waals surface area (Å²) in [5, 5.41) is 0. The molecule has 0 radical (unpaired) electrons. The first kappa shape index (κ1) is 23.6. The van der Waals surface area contributed by atoms with Gasteiger partial charge in [0, 0.05) is 0 Å². The number of hydrogen-bond acceptors (Lipinski definition) is 3. The Labute approximate surface area is 192 Å². The number of esters is 1. The van der Waals surface area contributed by atoms with Crippen molar-refractivity contribution in [2.75, 3.05) is 0 Å². The van der Waals surface area contributed by atoms with Crippen LogP contribution in [0.15, 0.2) is 72.8 Å². The maximum atomic E-state index is 12.9. The quantitative estimate of drug-likeness (QED) is 0.268. The molecule has 0 saturated carbocycles. The van der Waals surface area contributed by atoms with Crippen LogP contribution in [0.3, 0.4) is 0 Å². The molecule has 0 aliphatic carbocycles. The summed E-state index contributed by atoms with van der Waals surface area (Å²) < 4.78 is 11.7. The van der Waals surface area contributed by atoms with E-state index in [1.807, 2.05) is 48.5 Å². The summed E-state index contributed by atoms with van der Waals surface area (Å²) >= 11 is 0. The van der Waals surface area contributed by atoms with E-state index < -0.39 is 5.97 Å². The number of rotatable bonds is 8.